The summed E-state index contributed by atoms with van der Waals surface area (Å²) in [6.07, 6.45) is 7.46. The standard InChI is InChI=1S/C44H53FN10O5/c1-44(11-12-44)60-29-2-4-34-32(22-29)41(50-49-34)35-23-38(47-27-46-35)54-18-16-52(17-19-54)25-30-24-51(20-21-59-30)13-8-28-9-14-53(15-10-28)36-5-3-31-33(40(36)45)26-55(43(31)58)37-6-7-39(56)48-42(37)57/h2-5,22-23,27-28,30,37H,6-21,24-26H2,1H3,(H,49,50)(H,48,56,57)/t30-,37?/m1/s1. The molecule has 316 valence electrons. The number of ether oxygens (including phenoxy) is 2. The van der Waals surface area contributed by atoms with Gasteiger partial charge in [0.05, 0.1) is 36.2 Å². The van der Waals surface area contributed by atoms with E-state index in [0.29, 0.717) is 22.7 Å². The maximum absolute atomic E-state index is 16.0. The van der Waals surface area contributed by atoms with Crippen molar-refractivity contribution in [2.45, 2.75) is 76.2 Å². The van der Waals surface area contributed by atoms with Crippen LogP contribution < -0.4 is 19.9 Å². The van der Waals surface area contributed by atoms with Gasteiger partial charge in [0.2, 0.25) is 11.8 Å². The topological polar surface area (TPSA) is 152 Å². The van der Waals surface area contributed by atoms with Gasteiger partial charge in [-0.3, -0.25) is 34.6 Å². The number of morpholine rings is 1. The van der Waals surface area contributed by atoms with E-state index in [1.165, 1.54) is 4.90 Å². The van der Waals surface area contributed by atoms with E-state index in [2.05, 4.69) is 58.1 Å². The van der Waals surface area contributed by atoms with E-state index >= 15 is 4.39 Å². The second-order valence-electron chi connectivity index (χ2n) is 17.7. The van der Waals surface area contributed by atoms with Gasteiger partial charge in [0.15, 0.2) is 5.82 Å². The summed E-state index contributed by atoms with van der Waals surface area (Å²) >= 11 is 0. The van der Waals surface area contributed by atoms with Crippen LogP contribution in [0, 0.1) is 11.7 Å². The number of rotatable bonds is 11. The number of halogens is 1. The van der Waals surface area contributed by atoms with Crippen LogP contribution in [-0.4, -0.2) is 142 Å². The Bertz CT molecular complexity index is 2280. The molecule has 0 spiro atoms. The predicted molar refractivity (Wildman–Crippen MR) is 222 cm³/mol. The zero-order valence-electron chi connectivity index (χ0n) is 34.2. The van der Waals surface area contributed by atoms with Crippen molar-refractivity contribution < 1.29 is 28.2 Å². The third-order valence-electron chi connectivity index (χ3n) is 13.6. The number of carbonyl (C=O) groups excluding carboxylic acids is 3. The van der Waals surface area contributed by atoms with Gasteiger partial charge in [-0.1, -0.05) is 0 Å². The largest absolute Gasteiger partial charge is 0.488 e. The van der Waals surface area contributed by atoms with Gasteiger partial charge >= 0.3 is 0 Å². The number of H-pyrrole nitrogens is 1. The minimum atomic E-state index is -0.758. The lowest BCUT2D eigenvalue weighted by atomic mass is 9.92. The Hall–Kier alpha value is -5.19. The molecule has 7 heterocycles. The second kappa shape index (κ2) is 16.0. The number of benzene rings is 2. The van der Waals surface area contributed by atoms with Crippen molar-refractivity contribution in [2.75, 3.05) is 81.9 Å². The quantitative estimate of drug-likeness (QED) is 0.211. The van der Waals surface area contributed by atoms with Crippen molar-refractivity contribution in [1.29, 1.82) is 0 Å². The van der Waals surface area contributed by atoms with Gasteiger partial charge in [-0.05, 0) is 88.2 Å². The van der Waals surface area contributed by atoms with Crippen molar-refractivity contribution in [2.24, 2.45) is 5.92 Å². The summed E-state index contributed by atoms with van der Waals surface area (Å²) in [5.41, 5.74) is 3.66. The molecular weight excluding hydrogens is 768 g/mol. The molecule has 5 fully saturated rings. The number of imide groups is 1. The average molecular weight is 821 g/mol. The number of hydrogen-bond acceptors (Lipinski definition) is 12. The molecule has 2 aromatic heterocycles. The number of aromatic nitrogens is 4. The summed E-state index contributed by atoms with van der Waals surface area (Å²) < 4.78 is 28.5. The van der Waals surface area contributed by atoms with E-state index in [9.17, 15) is 14.4 Å². The molecule has 1 saturated carbocycles. The van der Waals surface area contributed by atoms with Crippen molar-refractivity contribution >= 4 is 40.1 Å². The summed E-state index contributed by atoms with van der Waals surface area (Å²) in [6.45, 7) is 11.8. The van der Waals surface area contributed by atoms with Crippen molar-refractivity contribution in [3.05, 3.63) is 59.7 Å². The maximum atomic E-state index is 16.0. The fourth-order valence-corrected chi connectivity index (χ4v) is 9.67. The summed E-state index contributed by atoms with van der Waals surface area (Å²) in [4.78, 5) is 57.4. The summed E-state index contributed by atoms with van der Waals surface area (Å²) in [5.74, 6) is 0.770. The molecule has 0 radical (unpaired) electrons. The van der Waals surface area contributed by atoms with Gasteiger partial charge in [0, 0.05) is 87.9 Å². The number of piperidine rings is 2. The minimum Gasteiger partial charge on any atom is -0.488 e. The number of fused-ring (bicyclic) bond motifs is 2. The van der Waals surface area contributed by atoms with E-state index in [1.807, 2.05) is 18.2 Å². The van der Waals surface area contributed by atoms with Crippen molar-refractivity contribution in [3.63, 3.8) is 0 Å². The number of hydrogen-bond donors (Lipinski definition) is 2. The molecule has 2 atom stereocenters. The molecule has 6 aliphatic rings. The number of anilines is 2. The smallest absolute Gasteiger partial charge is 0.255 e. The first kappa shape index (κ1) is 39.0. The van der Waals surface area contributed by atoms with Crippen LogP contribution in [-0.2, 0) is 20.9 Å². The maximum Gasteiger partial charge on any atom is 0.255 e. The lowest BCUT2D eigenvalue weighted by Gasteiger charge is -2.40. The van der Waals surface area contributed by atoms with Gasteiger partial charge in [-0.2, -0.15) is 5.10 Å². The van der Waals surface area contributed by atoms with Gasteiger partial charge < -0.3 is 24.2 Å². The van der Waals surface area contributed by atoms with E-state index in [1.54, 1.807) is 18.5 Å². The number of carbonyl (C=O) groups is 3. The molecule has 2 N–H and O–H groups in total. The molecule has 16 heteroatoms. The van der Waals surface area contributed by atoms with E-state index in [4.69, 9.17) is 9.47 Å². The van der Waals surface area contributed by atoms with Crippen LogP contribution in [0.4, 0.5) is 15.9 Å². The molecule has 0 bridgehead atoms. The molecule has 5 aliphatic heterocycles. The number of nitrogens with one attached hydrogen (secondary N) is 2. The highest BCUT2D eigenvalue weighted by Gasteiger charge is 2.42. The Kier molecular flexibility index (Phi) is 10.4. The number of nitrogens with zero attached hydrogens (tertiary/aromatic N) is 8. The number of aromatic amines is 1. The van der Waals surface area contributed by atoms with E-state index < -0.39 is 11.9 Å². The molecular formula is C44H53FN10O5. The highest BCUT2D eigenvalue weighted by molar-refractivity contribution is 6.05. The Morgan fingerprint density at radius 1 is 0.933 bits per heavy atom. The lowest BCUT2D eigenvalue weighted by Crippen LogP contribution is -2.53. The molecule has 1 unspecified atom stereocenters. The predicted octanol–water partition coefficient (Wildman–Crippen LogP) is 3.98. The third-order valence-corrected chi connectivity index (χ3v) is 13.6. The second-order valence-corrected chi connectivity index (χ2v) is 17.7. The van der Waals surface area contributed by atoms with Gasteiger partial charge in [-0.15, -0.1) is 0 Å². The minimum absolute atomic E-state index is 0.0413. The van der Waals surface area contributed by atoms with Crippen LogP contribution in [0.2, 0.25) is 0 Å². The highest BCUT2D eigenvalue weighted by Crippen LogP contribution is 2.41. The van der Waals surface area contributed by atoms with Gasteiger partial charge in [0.25, 0.3) is 5.91 Å². The molecule has 2 aromatic carbocycles. The highest BCUT2D eigenvalue weighted by atomic mass is 19.1. The molecule has 10 rings (SSSR count). The molecule has 4 saturated heterocycles. The van der Waals surface area contributed by atoms with Crippen LogP contribution in [0.15, 0.2) is 42.7 Å². The average Bonchev–Trinajstić information content (AvgIpc) is 3.67. The van der Waals surface area contributed by atoms with Crippen LogP contribution >= 0.6 is 0 Å². The normalized spacial score (nSPS) is 24.0. The molecule has 3 amide bonds. The van der Waals surface area contributed by atoms with Crippen LogP contribution in [0.3, 0.4) is 0 Å². The third kappa shape index (κ3) is 7.92. The van der Waals surface area contributed by atoms with Crippen molar-refractivity contribution in [1.82, 2.24) is 40.2 Å². The first-order valence-corrected chi connectivity index (χ1v) is 21.7. The molecule has 60 heavy (non-hydrogen) atoms. The first-order valence-electron chi connectivity index (χ1n) is 21.7. The zero-order chi connectivity index (χ0) is 41.0. The van der Waals surface area contributed by atoms with Crippen LogP contribution in [0.5, 0.6) is 5.75 Å². The van der Waals surface area contributed by atoms with Crippen LogP contribution in [0.25, 0.3) is 22.3 Å². The lowest BCUT2D eigenvalue weighted by molar-refractivity contribution is -0.136. The van der Waals surface area contributed by atoms with Gasteiger partial charge in [0.1, 0.15) is 35.2 Å². The number of amides is 3. The van der Waals surface area contributed by atoms with E-state index in [-0.39, 0.29) is 48.7 Å². The summed E-state index contributed by atoms with van der Waals surface area (Å²) in [5, 5.41) is 11.1. The monoisotopic (exact) mass is 820 g/mol. The Morgan fingerprint density at radius 2 is 1.77 bits per heavy atom. The number of piperazine rings is 1. The summed E-state index contributed by atoms with van der Waals surface area (Å²) in [6, 6.07) is 10.8. The fourth-order valence-electron chi connectivity index (χ4n) is 9.67. The molecule has 1 aliphatic carbocycles. The summed E-state index contributed by atoms with van der Waals surface area (Å²) in [7, 11) is 0. The Balaban J connectivity index is 0.675. The van der Waals surface area contributed by atoms with Crippen molar-refractivity contribution in [3.8, 4) is 17.1 Å². The fraction of sp³-hybridized carbons (Fsp3) is 0.545. The first-order chi connectivity index (χ1) is 29.2. The van der Waals surface area contributed by atoms with Gasteiger partial charge in [-0.25, -0.2) is 14.4 Å². The molecule has 4 aromatic rings. The Morgan fingerprint density at radius 3 is 2.57 bits per heavy atom. The van der Waals surface area contributed by atoms with Crippen LogP contribution in [0.1, 0.15) is 67.8 Å². The zero-order valence-corrected chi connectivity index (χ0v) is 34.2. The SMILES string of the molecule is CC1(Oc2ccc3[nH]nc(-c4cc(N5CCN(C[C@H]6CN(CCC7CCN(c8ccc9c(c8F)CN(C8CCC(=O)NC8=O)C9=O)CC7)CCO6)CC5)ncn4)c3c2)CC1. The molecule has 15 nitrogen and oxygen atoms in total. The Labute approximate surface area is 348 Å². The van der Waals surface area contributed by atoms with E-state index in [0.717, 1.165) is 138 Å².